The molecule has 0 N–H and O–H groups in total. The number of hydrogen-bond acceptors (Lipinski definition) is 4. The first-order valence-electron chi connectivity index (χ1n) is 13.0. The van der Waals surface area contributed by atoms with Crippen LogP contribution >= 0.6 is 11.3 Å². The monoisotopic (exact) mass is 516 g/mol. The fraction of sp³-hybridized carbons (Fsp3) is 0.633. The highest BCUT2D eigenvalue weighted by molar-refractivity contribution is 7.14. The minimum absolute atomic E-state index is 0.0173. The van der Waals surface area contributed by atoms with Crippen LogP contribution in [0.3, 0.4) is 0 Å². The van der Waals surface area contributed by atoms with Gasteiger partial charge in [-0.25, -0.2) is 0 Å². The van der Waals surface area contributed by atoms with Crippen LogP contribution in [0.1, 0.15) is 99.5 Å². The van der Waals surface area contributed by atoms with Crippen molar-refractivity contribution in [2.75, 3.05) is 6.61 Å². The smallest absolute Gasteiger partial charge is 0.192 e. The molecular weight excluding hydrogens is 468 g/mol. The number of ether oxygens (including phenoxy) is 1. The van der Waals surface area contributed by atoms with Gasteiger partial charge in [0, 0.05) is 10.3 Å². The number of hydrogen-bond donors (Lipinski definition) is 0. The summed E-state index contributed by atoms with van der Waals surface area (Å²) in [6, 6.07) is 8.82. The predicted octanol–water partition coefficient (Wildman–Crippen LogP) is 9.10. The Morgan fingerprint density at radius 1 is 0.971 bits per heavy atom. The molecule has 2 aromatic rings. The summed E-state index contributed by atoms with van der Waals surface area (Å²) in [6.07, 6.45) is 2.96. The Hall–Kier alpha value is -1.43. The molecule has 3 nitrogen and oxygen atoms in total. The Bertz CT molecular complexity index is 1000. The van der Waals surface area contributed by atoms with E-state index in [1.54, 1.807) is 11.3 Å². The zero-order chi connectivity index (χ0) is 26.8. The van der Waals surface area contributed by atoms with Crippen LogP contribution in [0.15, 0.2) is 24.3 Å². The molecule has 0 bridgehead atoms. The molecule has 0 aliphatic carbocycles. The van der Waals surface area contributed by atoms with E-state index in [1.165, 1.54) is 10.4 Å². The second-order valence-electron chi connectivity index (χ2n) is 12.6. The summed E-state index contributed by atoms with van der Waals surface area (Å²) in [6.45, 7) is 27.3. The molecule has 0 saturated carbocycles. The maximum Gasteiger partial charge on any atom is 0.192 e. The molecular formula is C30H48O3SSi. The Morgan fingerprint density at radius 2 is 1.57 bits per heavy atom. The molecule has 0 saturated heterocycles. The van der Waals surface area contributed by atoms with Gasteiger partial charge in [-0.3, -0.25) is 4.79 Å². The number of benzene rings is 1. The maximum atomic E-state index is 11.5. The second kappa shape index (κ2) is 10.9. The molecule has 1 unspecified atom stereocenters. The molecule has 1 atom stereocenters. The van der Waals surface area contributed by atoms with Gasteiger partial charge < -0.3 is 9.16 Å². The Morgan fingerprint density at radius 3 is 2.00 bits per heavy atom. The summed E-state index contributed by atoms with van der Waals surface area (Å²) in [5.74, 6) is 0.916. The zero-order valence-electron chi connectivity index (χ0n) is 24.2. The van der Waals surface area contributed by atoms with Crippen molar-refractivity contribution in [1.29, 1.82) is 0 Å². The molecule has 196 valence electrons. The highest BCUT2D eigenvalue weighted by Crippen LogP contribution is 2.44. The van der Waals surface area contributed by atoms with Crippen LogP contribution in [0.4, 0.5) is 0 Å². The molecule has 5 heteroatoms. The minimum Gasteiger partial charge on any atom is -0.491 e. The van der Waals surface area contributed by atoms with Crippen LogP contribution in [0.25, 0.3) is 0 Å². The van der Waals surface area contributed by atoms with Crippen LogP contribution < -0.4 is 4.74 Å². The first-order valence-corrected chi connectivity index (χ1v) is 16.7. The second-order valence-corrected chi connectivity index (χ2v) is 18.4. The van der Waals surface area contributed by atoms with Crippen molar-refractivity contribution >= 4 is 25.9 Å². The minimum atomic E-state index is -1.92. The van der Waals surface area contributed by atoms with Crippen molar-refractivity contribution in [3.05, 3.63) is 50.7 Å². The average Bonchev–Trinajstić information content (AvgIpc) is 3.12. The number of carbonyl (C=O) groups excluding carboxylic acids is 1. The van der Waals surface area contributed by atoms with E-state index >= 15 is 0 Å². The quantitative estimate of drug-likeness (QED) is 0.233. The van der Waals surface area contributed by atoms with Crippen LogP contribution in [-0.4, -0.2) is 27.3 Å². The van der Waals surface area contributed by atoms with Gasteiger partial charge in [0.1, 0.15) is 12.4 Å². The lowest BCUT2D eigenvalue weighted by Gasteiger charge is -2.43. The lowest BCUT2D eigenvalue weighted by molar-refractivity contribution is 0.0310. The average molecular weight is 517 g/mol. The molecule has 1 aromatic carbocycles. The third kappa shape index (κ3) is 6.47. The van der Waals surface area contributed by atoms with Crippen LogP contribution in [0.5, 0.6) is 5.75 Å². The van der Waals surface area contributed by atoms with E-state index in [2.05, 4.69) is 99.7 Å². The van der Waals surface area contributed by atoms with Gasteiger partial charge in [-0.15, -0.1) is 11.3 Å². The number of rotatable bonds is 10. The van der Waals surface area contributed by atoms with E-state index < -0.39 is 8.32 Å². The Labute approximate surface area is 219 Å². The van der Waals surface area contributed by atoms with E-state index in [4.69, 9.17) is 9.16 Å². The molecule has 0 amide bonds. The molecule has 2 rings (SSSR count). The van der Waals surface area contributed by atoms with Crippen molar-refractivity contribution in [2.45, 2.75) is 112 Å². The first-order chi connectivity index (χ1) is 16.0. The van der Waals surface area contributed by atoms with Crippen LogP contribution in [0, 0.1) is 19.3 Å². The van der Waals surface area contributed by atoms with Gasteiger partial charge in [-0.2, -0.15) is 0 Å². The van der Waals surface area contributed by atoms with Gasteiger partial charge in [0.25, 0.3) is 0 Å². The van der Waals surface area contributed by atoms with Gasteiger partial charge in [-0.1, -0.05) is 67.5 Å². The van der Waals surface area contributed by atoms with Gasteiger partial charge in [-0.05, 0) is 79.1 Å². The third-order valence-corrected chi connectivity index (χ3v) is 13.9. The van der Waals surface area contributed by atoms with Gasteiger partial charge in [0.2, 0.25) is 0 Å². The summed E-state index contributed by atoms with van der Waals surface area (Å²) in [5.41, 5.74) is 3.38. The Kier molecular flexibility index (Phi) is 9.28. The van der Waals surface area contributed by atoms with Gasteiger partial charge in [0.05, 0.1) is 11.0 Å². The summed E-state index contributed by atoms with van der Waals surface area (Å²) >= 11 is 1.63. The van der Waals surface area contributed by atoms with E-state index in [0.29, 0.717) is 6.61 Å². The SMILES string of the molecule is CCC(CC)(c1ccc(OCC(O[Si](C)(C)C(C)(C)C)C(C)(C)C)c(C)c1)c1cc(C)c(C=O)s1. The van der Waals surface area contributed by atoms with Crippen molar-refractivity contribution < 1.29 is 14.0 Å². The van der Waals surface area contributed by atoms with E-state index in [-0.39, 0.29) is 22.0 Å². The van der Waals surface area contributed by atoms with Gasteiger partial charge in [0.15, 0.2) is 14.6 Å². The Balaban J connectivity index is 2.34. The first kappa shape index (κ1) is 29.8. The molecule has 1 aromatic heterocycles. The largest absolute Gasteiger partial charge is 0.491 e. The van der Waals surface area contributed by atoms with Crippen molar-refractivity contribution in [3.63, 3.8) is 0 Å². The fourth-order valence-electron chi connectivity index (χ4n) is 4.27. The molecule has 0 spiro atoms. The van der Waals surface area contributed by atoms with Gasteiger partial charge >= 0.3 is 0 Å². The van der Waals surface area contributed by atoms with Crippen LogP contribution in [-0.2, 0) is 9.84 Å². The van der Waals surface area contributed by atoms with Crippen molar-refractivity contribution in [1.82, 2.24) is 0 Å². The molecule has 0 aliphatic heterocycles. The lowest BCUT2D eigenvalue weighted by atomic mass is 9.74. The number of carbonyl (C=O) groups is 1. The van der Waals surface area contributed by atoms with E-state index in [9.17, 15) is 4.79 Å². The molecule has 0 radical (unpaired) electrons. The molecule has 35 heavy (non-hydrogen) atoms. The number of thiophene rings is 1. The standard InChI is InChI=1S/C30H48O3SSi/c1-13-30(14-2,27-18-22(4)25(19-31)34-27)23-15-16-24(21(3)17-23)32-20-26(28(5,6)7)33-35(11,12)29(8,9)10/h15-19,26H,13-14,20H2,1-12H3. The lowest BCUT2D eigenvalue weighted by Crippen LogP contribution is -2.49. The summed E-state index contributed by atoms with van der Waals surface area (Å²) in [4.78, 5) is 13.6. The predicted molar refractivity (Wildman–Crippen MR) is 154 cm³/mol. The van der Waals surface area contributed by atoms with Crippen LogP contribution in [0.2, 0.25) is 18.1 Å². The summed E-state index contributed by atoms with van der Waals surface area (Å²) in [5, 5.41) is 0.154. The number of aryl methyl sites for hydroxylation is 2. The molecule has 0 fully saturated rings. The highest BCUT2D eigenvalue weighted by Gasteiger charge is 2.42. The van der Waals surface area contributed by atoms with E-state index in [1.807, 2.05) is 6.92 Å². The normalized spacial score (nSPS) is 14.2. The zero-order valence-corrected chi connectivity index (χ0v) is 26.0. The van der Waals surface area contributed by atoms with Crippen molar-refractivity contribution in [2.24, 2.45) is 5.41 Å². The molecule has 0 aliphatic rings. The number of aldehydes is 1. The molecule has 1 heterocycles. The van der Waals surface area contributed by atoms with E-state index in [0.717, 1.165) is 40.9 Å². The van der Waals surface area contributed by atoms with Crippen molar-refractivity contribution in [3.8, 4) is 5.75 Å². The highest BCUT2D eigenvalue weighted by atomic mass is 32.1. The summed E-state index contributed by atoms with van der Waals surface area (Å²) < 4.78 is 13.2. The fourth-order valence-corrected chi connectivity index (χ4v) is 7.09. The topological polar surface area (TPSA) is 35.5 Å². The summed E-state index contributed by atoms with van der Waals surface area (Å²) in [7, 11) is -1.92. The third-order valence-electron chi connectivity index (χ3n) is 8.07. The maximum absolute atomic E-state index is 11.5.